The summed E-state index contributed by atoms with van der Waals surface area (Å²) in [5.41, 5.74) is 0.659. The van der Waals surface area contributed by atoms with Gasteiger partial charge < -0.3 is 40.1 Å². The first-order valence-electron chi connectivity index (χ1n) is 11.6. The van der Waals surface area contributed by atoms with Crippen molar-refractivity contribution < 1.29 is 29.3 Å². The maximum atomic E-state index is 12.5. The van der Waals surface area contributed by atoms with E-state index in [9.17, 15) is 19.8 Å². The van der Waals surface area contributed by atoms with Gasteiger partial charge in [0.05, 0.1) is 13.4 Å². The Bertz CT molecular complexity index is 1030. The molecule has 2 saturated heterocycles. The molecule has 2 amide bonds. The van der Waals surface area contributed by atoms with Crippen LogP contribution in [-0.2, 0) is 14.3 Å². The first-order chi connectivity index (χ1) is 16.9. The smallest absolute Gasteiger partial charge is 0.406 e. The number of piperazine rings is 1. The minimum absolute atomic E-state index is 0.0571. The molecule has 0 aromatic carbocycles. The number of alkyl carbamates (subject to hydrolysis) is 1. The molecule has 0 aliphatic carbocycles. The first kappa shape index (κ1) is 25.2. The van der Waals surface area contributed by atoms with Crippen molar-refractivity contribution in [2.45, 2.75) is 37.4 Å². The second-order valence-corrected chi connectivity index (χ2v) is 8.76. The third kappa shape index (κ3) is 5.85. The van der Waals surface area contributed by atoms with Crippen LogP contribution in [0.25, 0.3) is 11.2 Å². The number of imidazole rings is 1. The molecule has 0 bridgehead atoms. The van der Waals surface area contributed by atoms with Gasteiger partial charge in [-0.15, -0.1) is 0 Å². The molecule has 4 rings (SSSR count). The summed E-state index contributed by atoms with van der Waals surface area (Å²) in [4.78, 5) is 41.2. The van der Waals surface area contributed by atoms with Gasteiger partial charge in [0, 0.05) is 39.1 Å². The van der Waals surface area contributed by atoms with Crippen LogP contribution in [-0.4, -0.2) is 123 Å². The fraction of sp³-hybridized carbons (Fsp3) is 0.667. The number of likely N-dealkylation sites (N-methyl/N-ethyl adjacent to an activating group) is 1. The summed E-state index contributed by atoms with van der Waals surface area (Å²) in [5, 5.41) is 26.1. The van der Waals surface area contributed by atoms with E-state index < -0.39 is 30.6 Å². The van der Waals surface area contributed by atoms with E-state index in [2.05, 4.69) is 47.2 Å². The molecule has 2 aromatic rings. The first-order valence-corrected chi connectivity index (χ1v) is 11.6. The van der Waals surface area contributed by atoms with Gasteiger partial charge in [-0.25, -0.2) is 19.7 Å². The molecule has 4 heterocycles. The predicted octanol–water partition coefficient (Wildman–Crippen LogP) is -1.23. The van der Waals surface area contributed by atoms with E-state index in [4.69, 9.17) is 4.74 Å². The van der Waals surface area contributed by atoms with Crippen LogP contribution in [0.2, 0.25) is 0 Å². The molecule has 14 heteroatoms. The van der Waals surface area contributed by atoms with Crippen molar-refractivity contribution >= 4 is 29.0 Å². The zero-order chi connectivity index (χ0) is 24.9. The van der Waals surface area contributed by atoms with Gasteiger partial charge in [0.25, 0.3) is 0 Å². The lowest BCUT2D eigenvalue weighted by molar-refractivity contribution is -0.116. The highest BCUT2D eigenvalue weighted by Gasteiger charge is 2.44. The fourth-order valence-corrected chi connectivity index (χ4v) is 4.24. The third-order valence-electron chi connectivity index (χ3n) is 6.34. The summed E-state index contributed by atoms with van der Waals surface area (Å²) in [6.45, 7) is 4.88. The van der Waals surface area contributed by atoms with E-state index >= 15 is 0 Å². The molecule has 0 saturated carbocycles. The van der Waals surface area contributed by atoms with Gasteiger partial charge in [0.1, 0.15) is 24.6 Å². The molecule has 2 aliphatic rings. The summed E-state index contributed by atoms with van der Waals surface area (Å²) in [7, 11) is 3.33. The lowest BCUT2D eigenvalue weighted by atomic mass is 10.1. The molecular weight excluding hydrogens is 460 g/mol. The number of rotatable bonds is 8. The number of aromatic nitrogens is 4. The maximum Gasteiger partial charge on any atom is 0.406 e. The summed E-state index contributed by atoms with van der Waals surface area (Å²) in [6.07, 6.45) is -1.32. The molecule has 0 radical (unpaired) electrons. The Morgan fingerprint density at radius 1 is 1.17 bits per heavy atom. The van der Waals surface area contributed by atoms with Crippen LogP contribution in [0.5, 0.6) is 0 Å². The molecule has 4 atom stereocenters. The minimum Gasteiger partial charge on any atom is -0.453 e. The highest BCUT2D eigenvalue weighted by Crippen LogP contribution is 2.32. The Morgan fingerprint density at radius 2 is 1.94 bits per heavy atom. The SMILES string of the molecule is COC(=O)NC[C@H]1O[C@@H](n2cnc3c(NC(=O)CCCN4CCN(C)CC4)ncnc32)[C@H](O)[C@@H]1O. The average Bonchev–Trinajstić information content (AvgIpc) is 3.40. The molecule has 2 fully saturated rings. The maximum absolute atomic E-state index is 12.5. The Morgan fingerprint density at radius 3 is 2.69 bits per heavy atom. The zero-order valence-corrected chi connectivity index (χ0v) is 19.8. The molecule has 0 spiro atoms. The van der Waals surface area contributed by atoms with Crippen LogP contribution in [0, 0.1) is 0 Å². The quantitative estimate of drug-likeness (QED) is 0.348. The van der Waals surface area contributed by atoms with Crippen molar-refractivity contribution in [3.8, 4) is 0 Å². The monoisotopic (exact) mass is 492 g/mol. The van der Waals surface area contributed by atoms with E-state index in [1.807, 2.05) is 0 Å². The lowest BCUT2D eigenvalue weighted by Crippen LogP contribution is -2.44. The minimum atomic E-state index is -1.29. The molecule has 2 aromatic heterocycles. The second kappa shape index (κ2) is 11.2. The molecule has 2 aliphatic heterocycles. The van der Waals surface area contributed by atoms with Gasteiger partial charge in [-0.1, -0.05) is 0 Å². The van der Waals surface area contributed by atoms with Crippen molar-refractivity contribution in [3.63, 3.8) is 0 Å². The summed E-state index contributed by atoms with van der Waals surface area (Å²) in [5.74, 6) is 0.0884. The largest absolute Gasteiger partial charge is 0.453 e. The number of carbonyl (C=O) groups excluding carboxylic acids is 2. The number of aliphatic hydroxyl groups is 2. The fourth-order valence-electron chi connectivity index (χ4n) is 4.24. The number of fused-ring (bicyclic) bond motifs is 1. The van der Waals surface area contributed by atoms with E-state index in [1.54, 1.807) is 0 Å². The van der Waals surface area contributed by atoms with Crippen molar-refractivity contribution in [3.05, 3.63) is 12.7 Å². The molecule has 35 heavy (non-hydrogen) atoms. The number of hydrogen-bond donors (Lipinski definition) is 4. The lowest BCUT2D eigenvalue weighted by Gasteiger charge is -2.32. The van der Waals surface area contributed by atoms with E-state index in [-0.39, 0.29) is 18.3 Å². The number of nitrogens with one attached hydrogen (secondary N) is 2. The van der Waals surface area contributed by atoms with E-state index in [0.717, 1.165) is 39.1 Å². The highest BCUT2D eigenvalue weighted by molar-refractivity contribution is 5.96. The van der Waals surface area contributed by atoms with Gasteiger partial charge in [-0.05, 0) is 20.0 Å². The Hall–Kier alpha value is -2.91. The Labute approximate surface area is 202 Å². The zero-order valence-electron chi connectivity index (χ0n) is 19.8. The number of methoxy groups -OCH3 is 1. The van der Waals surface area contributed by atoms with Crippen molar-refractivity contribution in [2.24, 2.45) is 0 Å². The highest BCUT2D eigenvalue weighted by atomic mass is 16.6. The van der Waals surface area contributed by atoms with Crippen LogP contribution >= 0.6 is 0 Å². The third-order valence-corrected chi connectivity index (χ3v) is 6.34. The number of nitrogens with zero attached hydrogens (tertiary/aromatic N) is 6. The normalized spacial score (nSPS) is 25.6. The molecule has 192 valence electrons. The second-order valence-electron chi connectivity index (χ2n) is 8.76. The molecular formula is C21H32N8O6. The van der Waals surface area contributed by atoms with Gasteiger partial charge in [-0.3, -0.25) is 9.36 Å². The van der Waals surface area contributed by atoms with Crippen LogP contribution < -0.4 is 10.6 Å². The van der Waals surface area contributed by atoms with Crippen LogP contribution in [0.15, 0.2) is 12.7 Å². The standard InChI is InChI=1S/C21H32N8O6/c1-27-6-8-28(9-7-27)5-3-4-14(30)26-18-15-19(24-11-23-18)29(12-25-15)20-17(32)16(31)13(35-20)10-22-21(33)34-2/h11-13,16-17,20,31-32H,3-10H2,1-2H3,(H,22,33)(H,23,24,26,30)/t13-,16-,17-,20-/m1/s1. The van der Waals surface area contributed by atoms with Gasteiger partial charge in [-0.2, -0.15) is 0 Å². The number of ether oxygens (including phenoxy) is 2. The summed E-state index contributed by atoms with van der Waals surface area (Å²) < 4.78 is 11.7. The number of aliphatic hydroxyl groups excluding tert-OH is 2. The number of amides is 2. The van der Waals surface area contributed by atoms with Crippen LogP contribution in [0.4, 0.5) is 10.6 Å². The van der Waals surface area contributed by atoms with Crippen molar-refractivity contribution in [2.75, 3.05) is 58.7 Å². The molecule has 0 unspecified atom stereocenters. The van der Waals surface area contributed by atoms with Crippen LogP contribution in [0.3, 0.4) is 0 Å². The Balaban J connectivity index is 1.37. The number of anilines is 1. The van der Waals surface area contributed by atoms with E-state index in [0.29, 0.717) is 17.6 Å². The van der Waals surface area contributed by atoms with Gasteiger partial charge in [0.15, 0.2) is 23.2 Å². The van der Waals surface area contributed by atoms with Gasteiger partial charge >= 0.3 is 6.09 Å². The van der Waals surface area contributed by atoms with Crippen molar-refractivity contribution in [1.29, 1.82) is 0 Å². The van der Waals surface area contributed by atoms with Crippen LogP contribution in [0.1, 0.15) is 19.1 Å². The Kier molecular flexibility index (Phi) is 8.07. The predicted molar refractivity (Wildman–Crippen MR) is 123 cm³/mol. The number of carbonyl (C=O) groups is 2. The summed E-state index contributed by atoms with van der Waals surface area (Å²) >= 11 is 0. The van der Waals surface area contributed by atoms with Gasteiger partial charge in [0.2, 0.25) is 5.91 Å². The number of hydrogen-bond acceptors (Lipinski definition) is 11. The average molecular weight is 493 g/mol. The molecule has 4 N–H and O–H groups in total. The topological polar surface area (TPSA) is 167 Å². The molecule has 14 nitrogen and oxygen atoms in total. The van der Waals surface area contributed by atoms with Crippen molar-refractivity contribution in [1.82, 2.24) is 34.6 Å². The van der Waals surface area contributed by atoms with E-state index in [1.165, 1.54) is 24.3 Å². The summed E-state index contributed by atoms with van der Waals surface area (Å²) in [6, 6.07) is 0.